The standard InChI is InChI=1S/C15H21N3/c1-11-9-14-10-13(3-4-15(14)17-11)12(2)18-7-5-16-6-8-18/h3-4,9-10,12,16-17H,5-8H2,1-2H3. The zero-order valence-electron chi connectivity index (χ0n) is 11.2. The van der Waals surface area contributed by atoms with Crippen LogP contribution in [0, 0.1) is 6.92 Å². The smallest absolute Gasteiger partial charge is 0.0456 e. The average molecular weight is 243 g/mol. The fraction of sp³-hybridized carbons (Fsp3) is 0.467. The number of aromatic nitrogens is 1. The van der Waals surface area contributed by atoms with Crippen molar-refractivity contribution in [1.82, 2.24) is 15.2 Å². The summed E-state index contributed by atoms with van der Waals surface area (Å²) >= 11 is 0. The Bertz CT molecular complexity index is 538. The minimum Gasteiger partial charge on any atom is -0.359 e. The van der Waals surface area contributed by atoms with Gasteiger partial charge in [-0.15, -0.1) is 0 Å². The number of benzene rings is 1. The number of nitrogens with one attached hydrogen (secondary N) is 2. The molecular formula is C15H21N3. The molecule has 1 atom stereocenters. The number of hydrogen-bond donors (Lipinski definition) is 2. The van der Waals surface area contributed by atoms with Gasteiger partial charge in [-0.05, 0) is 43.0 Å². The molecule has 1 unspecified atom stereocenters. The van der Waals surface area contributed by atoms with E-state index in [1.807, 2.05) is 0 Å². The highest BCUT2D eigenvalue weighted by atomic mass is 15.2. The van der Waals surface area contributed by atoms with Crippen molar-refractivity contribution in [2.75, 3.05) is 26.2 Å². The Morgan fingerprint density at radius 2 is 1.94 bits per heavy atom. The summed E-state index contributed by atoms with van der Waals surface area (Å²) in [5.74, 6) is 0. The van der Waals surface area contributed by atoms with E-state index in [4.69, 9.17) is 0 Å². The van der Waals surface area contributed by atoms with E-state index < -0.39 is 0 Å². The molecule has 2 aromatic rings. The Balaban J connectivity index is 1.88. The summed E-state index contributed by atoms with van der Waals surface area (Å²) in [4.78, 5) is 5.93. The fourth-order valence-corrected chi connectivity index (χ4v) is 2.84. The molecule has 0 amide bonds. The maximum absolute atomic E-state index is 3.41. The number of fused-ring (bicyclic) bond motifs is 1. The quantitative estimate of drug-likeness (QED) is 0.849. The lowest BCUT2D eigenvalue weighted by molar-refractivity contribution is 0.185. The summed E-state index contributed by atoms with van der Waals surface area (Å²) in [5, 5.41) is 4.73. The van der Waals surface area contributed by atoms with Crippen LogP contribution in [0.5, 0.6) is 0 Å². The molecule has 0 aliphatic carbocycles. The molecule has 3 rings (SSSR count). The van der Waals surface area contributed by atoms with E-state index in [0.29, 0.717) is 6.04 Å². The van der Waals surface area contributed by atoms with Gasteiger partial charge in [-0.1, -0.05) is 6.07 Å². The predicted molar refractivity (Wildman–Crippen MR) is 75.9 cm³/mol. The third kappa shape index (κ3) is 2.16. The van der Waals surface area contributed by atoms with Crippen molar-refractivity contribution in [2.45, 2.75) is 19.9 Å². The first-order valence-corrected chi connectivity index (χ1v) is 6.78. The zero-order valence-corrected chi connectivity index (χ0v) is 11.2. The summed E-state index contributed by atoms with van der Waals surface area (Å²) in [7, 11) is 0. The molecule has 1 aliphatic rings. The molecule has 18 heavy (non-hydrogen) atoms. The molecule has 2 N–H and O–H groups in total. The van der Waals surface area contributed by atoms with Crippen LogP contribution in [0.2, 0.25) is 0 Å². The van der Waals surface area contributed by atoms with E-state index in [2.05, 4.69) is 53.3 Å². The largest absolute Gasteiger partial charge is 0.359 e. The molecule has 3 heteroatoms. The number of aryl methyl sites for hydroxylation is 1. The Hall–Kier alpha value is -1.32. The molecule has 0 bridgehead atoms. The second-order valence-electron chi connectivity index (χ2n) is 5.26. The van der Waals surface area contributed by atoms with Crippen molar-refractivity contribution >= 4 is 10.9 Å². The van der Waals surface area contributed by atoms with Crippen LogP contribution < -0.4 is 5.32 Å². The first-order valence-electron chi connectivity index (χ1n) is 6.78. The highest BCUT2D eigenvalue weighted by Gasteiger charge is 2.18. The molecule has 1 aromatic heterocycles. The molecule has 3 nitrogen and oxygen atoms in total. The van der Waals surface area contributed by atoms with Crippen LogP contribution in [0.1, 0.15) is 24.2 Å². The van der Waals surface area contributed by atoms with Crippen molar-refractivity contribution in [3.63, 3.8) is 0 Å². The molecule has 96 valence electrons. The van der Waals surface area contributed by atoms with Crippen molar-refractivity contribution < 1.29 is 0 Å². The van der Waals surface area contributed by atoms with E-state index >= 15 is 0 Å². The number of piperazine rings is 1. The normalized spacial score (nSPS) is 19.2. The maximum atomic E-state index is 3.41. The van der Waals surface area contributed by atoms with Crippen LogP contribution in [-0.4, -0.2) is 36.1 Å². The molecule has 2 heterocycles. The van der Waals surface area contributed by atoms with E-state index in [1.165, 1.54) is 22.2 Å². The number of rotatable bonds is 2. The van der Waals surface area contributed by atoms with Crippen LogP contribution in [0.4, 0.5) is 0 Å². The Morgan fingerprint density at radius 1 is 1.17 bits per heavy atom. The van der Waals surface area contributed by atoms with Crippen molar-refractivity contribution in [3.8, 4) is 0 Å². The van der Waals surface area contributed by atoms with Gasteiger partial charge >= 0.3 is 0 Å². The zero-order chi connectivity index (χ0) is 12.5. The number of H-pyrrole nitrogens is 1. The second-order valence-corrected chi connectivity index (χ2v) is 5.26. The Morgan fingerprint density at radius 3 is 2.72 bits per heavy atom. The molecule has 0 saturated carbocycles. The van der Waals surface area contributed by atoms with Gasteiger partial charge in [0.05, 0.1) is 0 Å². The highest BCUT2D eigenvalue weighted by molar-refractivity contribution is 5.81. The first kappa shape index (κ1) is 11.8. The van der Waals surface area contributed by atoms with Crippen LogP contribution in [0.25, 0.3) is 10.9 Å². The topological polar surface area (TPSA) is 31.1 Å². The van der Waals surface area contributed by atoms with Gasteiger partial charge < -0.3 is 10.3 Å². The van der Waals surface area contributed by atoms with E-state index in [-0.39, 0.29) is 0 Å². The van der Waals surface area contributed by atoms with Gasteiger partial charge in [-0.3, -0.25) is 4.90 Å². The minimum absolute atomic E-state index is 0.506. The molecule has 1 aliphatic heterocycles. The van der Waals surface area contributed by atoms with Gasteiger partial charge in [0.1, 0.15) is 0 Å². The monoisotopic (exact) mass is 243 g/mol. The minimum atomic E-state index is 0.506. The summed E-state index contributed by atoms with van der Waals surface area (Å²) in [6.45, 7) is 8.92. The van der Waals surface area contributed by atoms with Crippen molar-refractivity contribution in [1.29, 1.82) is 0 Å². The summed E-state index contributed by atoms with van der Waals surface area (Å²) in [6, 6.07) is 9.52. The van der Waals surface area contributed by atoms with Gasteiger partial charge in [0.2, 0.25) is 0 Å². The van der Waals surface area contributed by atoms with Crippen LogP contribution >= 0.6 is 0 Å². The molecule has 1 fully saturated rings. The van der Waals surface area contributed by atoms with E-state index in [1.54, 1.807) is 0 Å². The van der Waals surface area contributed by atoms with Gasteiger partial charge in [0, 0.05) is 43.4 Å². The molecule has 1 saturated heterocycles. The fourth-order valence-electron chi connectivity index (χ4n) is 2.84. The van der Waals surface area contributed by atoms with Gasteiger partial charge in [-0.2, -0.15) is 0 Å². The van der Waals surface area contributed by atoms with Crippen LogP contribution in [0.3, 0.4) is 0 Å². The number of nitrogens with zero attached hydrogens (tertiary/aromatic N) is 1. The van der Waals surface area contributed by atoms with Crippen molar-refractivity contribution in [2.24, 2.45) is 0 Å². The van der Waals surface area contributed by atoms with Gasteiger partial charge in [-0.25, -0.2) is 0 Å². The lowest BCUT2D eigenvalue weighted by atomic mass is 10.0. The maximum Gasteiger partial charge on any atom is 0.0456 e. The first-order chi connectivity index (χ1) is 8.74. The average Bonchev–Trinajstić information content (AvgIpc) is 2.78. The molecule has 1 aromatic carbocycles. The number of hydrogen-bond acceptors (Lipinski definition) is 2. The number of aromatic amines is 1. The molecular weight excluding hydrogens is 222 g/mol. The van der Waals surface area contributed by atoms with Crippen LogP contribution in [-0.2, 0) is 0 Å². The Labute approximate surface area is 108 Å². The summed E-state index contributed by atoms with van der Waals surface area (Å²) in [5.41, 5.74) is 3.89. The lowest BCUT2D eigenvalue weighted by Crippen LogP contribution is -2.44. The lowest BCUT2D eigenvalue weighted by Gasteiger charge is -2.33. The molecule has 0 radical (unpaired) electrons. The SMILES string of the molecule is Cc1cc2cc(C(C)N3CCNCC3)ccc2[nH]1. The Kier molecular flexibility index (Phi) is 3.10. The third-order valence-corrected chi connectivity index (χ3v) is 3.96. The van der Waals surface area contributed by atoms with Crippen molar-refractivity contribution in [3.05, 3.63) is 35.5 Å². The predicted octanol–water partition coefficient (Wildman–Crippen LogP) is 2.44. The third-order valence-electron chi connectivity index (χ3n) is 3.96. The summed E-state index contributed by atoms with van der Waals surface area (Å²) in [6.07, 6.45) is 0. The molecule has 0 spiro atoms. The van der Waals surface area contributed by atoms with Gasteiger partial charge in [0.15, 0.2) is 0 Å². The van der Waals surface area contributed by atoms with E-state index in [0.717, 1.165) is 26.2 Å². The highest BCUT2D eigenvalue weighted by Crippen LogP contribution is 2.24. The van der Waals surface area contributed by atoms with Gasteiger partial charge in [0.25, 0.3) is 0 Å². The second kappa shape index (κ2) is 4.75. The summed E-state index contributed by atoms with van der Waals surface area (Å²) < 4.78 is 0. The van der Waals surface area contributed by atoms with Crippen LogP contribution in [0.15, 0.2) is 24.3 Å². The van der Waals surface area contributed by atoms with E-state index in [9.17, 15) is 0 Å².